The maximum atomic E-state index is 5.40. The number of aryl methyl sites for hydroxylation is 3. The van der Waals surface area contributed by atoms with Crippen LogP contribution in [-0.4, -0.2) is 29.2 Å². The van der Waals surface area contributed by atoms with Crippen LogP contribution in [0.3, 0.4) is 0 Å². The Morgan fingerprint density at radius 1 is 1.25 bits per heavy atom. The molecule has 0 bridgehead atoms. The summed E-state index contributed by atoms with van der Waals surface area (Å²) in [5.41, 5.74) is 3.25. The number of aliphatic imine (C=N–C) groups is 1. The first-order valence-electron chi connectivity index (χ1n) is 8.57. The van der Waals surface area contributed by atoms with Crippen LogP contribution in [0.25, 0.3) is 0 Å². The molecule has 0 saturated heterocycles. The summed E-state index contributed by atoms with van der Waals surface area (Å²) in [6.07, 6.45) is 2.59. The zero-order valence-electron chi connectivity index (χ0n) is 15.0. The van der Waals surface area contributed by atoms with E-state index in [9.17, 15) is 0 Å². The molecule has 0 aliphatic heterocycles. The molecule has 2 aromatic heterocycles. The van der Waals surface area contributed by atoms with E-state index in [4.69, 9.17) is 4.52 Å². The van der Waals surface area contributed by atoms with Crippen molar-refractivity contribution in [3.8, 4) is 0 Å². The highest BCUT2D eigenvalue weighted by Gasteiger charge is 2.13. The van der Waals surface area contributed by atoms with Crippen LogP contribution < -0.4 is 10.6 Å². The van der Waals surface area contributed by atoms with E-state index >= 15 is 0 Å². The van der Waals surface area contributed by atoms with Crippen LogP contribution in [0, 0.1) is 6.92 Å². The van der Waals surface area contributed by atoms with Gasteiger partial charge in [0.25, 0.3) is 0 Å². The van der Waals surface area contributed by atoms with Gasteiger partial charge >= 0.3 is 0 Å². The van der Waals surface area contributed by atoms with Gasteiger partial charge in [0.2, 0.25) is 0 Å². The van der Waals surface area contributed by atoms with Crippen LogP contribution in [0.1, 0.15) is 48.5 Å². The average molecular weight is 350 g/mol. The summed E-state index contributed by atoms with van der Waals surface area (Å²) in [5.74, 6) is 1.75. The number of aromatic nitrogens is 2. The maximum absolute atomic E-state index is 5.40. The summed E-state index contributed by atoms with van der Waals surface area (Å²) in [5, 5.41) is 14.0. The van der Waals surface area contributed by atoms with Gasteiger partial charge in [-0.2, -0.15) is 0 Å². The fourth-order valence-corrected chi connectivity index (χ4v) is 3.10. The molecule has 0 spiro atoms. The fraction of sp³-hybridized carbons (Fsp3) is 0.588. The molecule has 132 valence electrons. The van der Waals surface area contributed by atoms with Crippen LogP contribution in [0.15, 0.2) is 14.9 Å². The predicted molar refractivity (Wildman–Crippen MR) is 98.6 cm³/mol. The van der Waals surface area contributed by atoms with E-state index in [0.717, 1.165) is 66.0 Å². The zero-order chi connectivity index (χ0) is 17.4. The van der Waals surface area contributed by atoms with Gasteiger partial charge in [-0.05, 0) is 20.3 Å². The van der Waals surface area contributed by atoms with Crippen molar-refractivity contribution in [3.63, 3.8) is 0 Å². The SMILES string of the molecule is CCNC(=NCc1c(CC)noc1CC)NCCc1csc(C)n1. The van der Waals surface area contributed by atoms with Gasteiger partial charge in [0.15, 0.2) is 5.96 Å². The van der Waals surface area contributed by atoms with Crippen molar-refractivity contribution in [3.05, 3.63) is 33.1 Å². The molecule has 0 saturated carbocycles. The Morgan fingerprint density at radius 2 is 2.08 bits per heavy atom. The van der Waals surface area contributed by atoms with Crippen LogP contribution in [0.4, 0.5) is 0 Å². The van der Waals surface area contributed by atoms with Crippen LogP contribution in [-0.2, 0) is 25.8 Å². The third kappa shape index (κ3) is 5.06. The maximum Gasteiger partial charge on any atom is 0.191 e. The Bertz CT molecular complexity index is 640. The first-order chi connectivity index (χ1) is 11.7. The summed E-state index contributed by atoms with van der Waals surface area (Å²) in [4.78, 5) is 9.17. The van der Waals surface area contributed by atoms with Gasteiger partial charge in [-0.25, -0.2) is 9.98 Å². The largest absolute Gasteiger partial charge is 0.361 e. The minimum absolute atomic E-state index is 0.584. The van der Waals surface area contributed by atoms with Crippen molar-refractivity contribution >= 4 is 17.3 Å². The molecule has 6 nitrogen and oxygen atoms in total. The highest BCUT2D eigenvalue weighted by molar-refractivity contribution is 7.09. The smallest absolute Gasteiger partial charge is 0.191 e. The molecular weight excluding hydrogens is 322 g/mol. The second kappa shape index (κ2) is 9.42. The number of thiazole rings is 1. The number of guanidine groups is 1. The quantitative estimate of drug-likeness (QED) is 0.566. The lowest BCUT2D eigenvalue weighted by Crippen LogP contribution is -2.38. The molecule has 0 fully saturated rings. The highest BCUT2D eigenvalue weighted by atomic mass is 32.1. The molecule has 0 atom stereocenters. The van der Waals surface area contributed by atoms with E-state index in [2.05, 4.69) is 51.9 Å². The molecular formula is C17H27N5OS. The molecule has 0 amide bonds. The van der Waals surface area contributed by atoms with E-state index < -0.39 is 0 Å². The second-order valence-corrected chi connectivity index (χ2v) is 6.53. The molecule has 0 aromatic carbocycles. The minimum Gasteiger partial charge on any atom is -0.361 e. The first-order valence-corrected chi connectivity index (χ1v) is 9.45. The molecule has 24 heavy (non-hydrogen) atoms. The standard InChI is InChI=1S/C17H27N5OS/c1-5-15-14(16(6-2)23-22-15)10-20-17(18-7-3)19-9-8-13-11-24-12(4)21-13/h11H,5-10H2,1-4H3,(H2,18,19,20). The van der Waals surface area contributed by atoms with Crippen molar-refractivity contribution in [2.24, 2.45) is 4.99 Å². The van der Waals surface area contributed by atoms with Crippen LogP contribution in [0.5, 0.6) is 0 Å². The number of nitrogens with one attached hydrogen (secondary N) is 2. The molecule has 0 radical (unpaired) electrons. The van der Waals surface area contributed by atoms with E-state index in [1.165, 1.54) is 0 Å². The van der Waals surface area contributed by atoms with Gasteiger partial charge < -0.3 is 15.2 Å². The summed E-state index contributed by atoms with van der Waals surface area (Å²) >= 11 is 1.69. The minimum atomic E-state index is 0.584. The molecule has 0 aliphatic rings. The molecule has 0 unspecified atom stereocenters. The zero-order valence-corrected chi connectivity index (χ0v) is 15.8. The van der Waals surface area contributed by atoms with E-state index in [-0.39, 0.29) is 0 Å². The number of rotatable bonds is 8. The Kier molecular flexibility index (Phi) is 7.24. The Labute approximate surface area is 147 Å². The van der Waals surface area contributed by atoms with E-state index in [1.54, 1.807) is 11.3 Å². The molecule has 2 heterocycles. The summed E-state index contributed by atoms with van der Waals surface area (Å²) in [7, 11) is 0. The molecule has 2 N–H and O–H groups in total. The molecule has 7 heteroatoms. The lowest BCUT2D eigenvalue weighted by Gasteiger charge is -2.10. The average Bonchev–Trinajstić information content (AvgIpc) is 3.17. The normalized spacial score (nSPS) is 11.8. The van der Waals surface area contributed by atoms with Crippen molar-refractivity contribution in [1.29, 1.82) is 0 Å². The summed E-state index contributed by atoms with van der Waals surface area (Å²) in [6, 6.07) is 0. The van der Waals surface area contributed by atoms with Gasteiger partial charge in [0, 0.05) is 36.9 Å². The topological polar surface area (TPSA) is 75.3 Å². The van der Waals surface area contributed by atoms with Gasteiger partial charge in [-0.15, -0.1) is 11.3 Å². The third-order valence-electron chi connectivity index (χ3n) is 3.69. The Morgan fingerprint density at radius 3 is 2.71 bits per heavy atom. The Hall–Kier alpha value is -1.89. The van der Waals surface area contributed by atoms with Crippen molar-refractivity contribution in [1.82, 2.24) is 20.8 Å². The van der Waals surface area contributed by atoms with Gasteiger partial charge in [0.05, 0.1) is 22.9 Å². The van der Waals surface area contributed by atoms with Gasteiger partial charge in [-0.3, -0.25) is 0 Å². The molecule has 2 rings (SSSR count). The lowest BCUT2D eigenvalue weighted by molar-refractivity contribution is 0.380. The van der Waals surface area contributed by atoms with Crippen molar-refractivity contribution in [2.75, 3.05) is 13.1 Å². The predicted octanol–water partition coefficient (Wildman–Crippen LogP) is 2.86. The number of nitrogens with zero attached hydrogens (tertiary/aromatic N) is 3. The third-order valence-corrected chi connectivity index (χ3v) is 4.51. The van der Waals surface area contributed by atoms with Crippen LogP contribution >= 0.6 is 11.3 Å². The number of hydrogen-bond acceptors (Lipinski definition) is 5. The first kappa shape index (κ1) is 18.4. The highest BCUT2D eigenvalue weighted by Crippen LogP contribution is 2.16. The van der Waals surface area contributed by atoms with Crippen molar-refractivity contribution in [2.45, 2.75) is 53.5 Å². The number of hydrogen-bond donors (Lipinski definition) is 2. The summed E-state index contributed by atoms with van der Waals surface area (Å²) in [6.45, 7) is 10.5. The van der Waals surface area contributed by atoms with Gasteiger partial charge in [-0.1, -0.05) is 19.0 Å². The van der Waals surface area contributed by atoms with Crippen molar-refractivity contribution < 1.29 is 4.52 Å². The monoisotopic (exact) mass is 349 g/mol. The van der Waals surface area contributed by atoms with Crippen LogP contribution in [0.2, 0.25) is 0 Å². The molecule has 0 aliphatic carbocycles. The Balaban J connectivity index is 1.96. The second-order valence-electron chi connectivity index (χ2n) is 5.47. The summed E-state index contributed by atoms with van der Waals surface area (Å²) < 4.78 is 5.40. The van der Waals surface area contributed by atoms with E-state index in [1.807, 2.05) is 6.92 Å². The molecule has 2 aromatic rings. The fourth-order valence-electron chi connectivity index (χ4n) is 2.45. The van der Waals surface area contributed by atoms with E-state index in [0.29, 0.717) is 6.54 Å². The van der Waals surface area contributed by atoms with Gasteiger partial charge in [0.1, 0.15) is 5.76 Å². The lowest BCUT2D eigenvalue weighted by atomic mass is 10.1.